The summed E-state index contributed by atoms with van der Waals surface area (Å²) in [6, 6.07) is -1.75. The van der Waals surface area contributed by atoms with E-state index in [0.717, 1.165) is 0 Å². The van der Waals surface area contributed by atoms with Gasteiger partial charge in [0.2, 0.25) is 5.91 Å². The van der Waals surface area contributed by atoms with Crippen molar-refractivity contribution in [2.45, 2.75) is 38.9 Å². The lowest BCUT2D eigenvalue weighted by Crippen LogP contribution is -2.38. The average Bonchev–Trinajstić information content (AvgIpc) is 2.72. The molecule has 1 aliphatic rings. The Morgan fingerprint density at radius 2 is 2.11 bits per heavy atom. The Morgan fingerprint density at radius 1 is 1.44 bits per heavy atom. The number of aromatic nitrogens is 1. The van der Waals surface area contributed by atoms with Gasteiger partial charge in [0.15, 0.2) is 5.89 Å². The third kappa shape index (κ3) is 2.49. The first kappa shape index (κ1) is 12.9. The second-order valence-electron chi connectivity index (χ2n) is 4.48. The minimum absolute atomic E-state index is 0.158. The fraction of sp³-hybridized carbons (Fsp3) is 0.636. The highest BCUT2D eigenvalue weighted by atomic mass is 19.4. The van der Waals surface area contributed by atoms with Crippen molar-refractivity contribution in [1.29, 1.82) is 0 Å². The zero-order valence-corrected chi connectivity index (χ0v) is 9.97. The molecule has 0 spiro atoms. The first-order valence-electron chi connectivity index (χ1n) is 5.57. The van der Waals surface area contributed by atoms with Crippen molar-refractivity contribution in [3.05, 3.63) is 17.3 Å². The van der Waals surface area contributed by atoms with Crippen molar-refractivity contribution in [3.8, 4) is 0 Å². The number of carbonyl (C=O) groups is 1. The fourth-order valence-corrected chi connectivity index (χ4v) is 2.12. The number of hydrogen-bond donors (Lipinski definition) is 1. The van der Waals surface area contributed by atoms with Crippen LogP contribution in [0.2, 0.25) is 0 Å². The van der Waals surface area contributed by atoms with Crippen LogP contribution in [0.1, 0.15) is 23.8 Å². The molecule has 4 nitrogen and oxygen atoms in total. The first-order chi connectivity index (χ1) is 8.27. The Labute approximate surface area is 102 Å². The van der Waals surface area contributed by atoms with E-state index in [1.54, 1.807) is 13.8 Å². The van der Waals surface area contributed by atoms with E-state index in [-0.39, 0.29) is 12.8 Å². The molecular weight excluding hydrogens is 249 g/mol. The van der Waals surface area contributed by atoms with E-state index in [0.29, 0.717) is 17.3 Å². The van der Waals surface area contributed by atoms with E-state index in [9.17, 15) is 18.0 Å². The molecule has 1 amide bonds. The number of carbonyl (C=O) groups excluding carboxylic acids is 1. The SMILES string of the molecule is Cc1nc(C)c(CC2CC(C(F)(F)F)NC2=O)o1. The monoisotopic (exact) mass is 262 g/mol. The van der Waals surface area contributed by atoms with E-state index in [4.69, 9.17) is 4.42 Å². The maximum atomic E-state index is 12.5. The van der Waals surface area contributed by atoms with E-state index < -0.39 is 24.0 Å². The summed E-state index contributed by atoms with van der Waals surface area (Å²) in [6.45, 7) is 3.36. The predicted octanol–water partition coefficient (Wildman–Crippen LogP) is 1.90. The molecule has 100 valence electrons. The maximum Gasteiger partial charge on any atom is 0.408 e. The number of amides is 1. The van der Waals surface area contributed by atoms with Crippen LogP contribution in [-0.2, 0) is 11.2 Å². The highest BCUT2D eigenvalue weighted by Crippen LogP contribution is 2.31. The molecule has 7 heteroatoms. The predicted molar refractivity (Wildman–Crippen MR) is 55.8 cm³/mol. The molecule has 2 atom stereocenters. The van der Waals surface area contributed by atoms with Crippen LogP contribution >= 0.6 is 0 Å². The van der Waals surface area contributed by atoms with E-state index in [1.807, 2.05) is 5.32 Å². The molecule has 0 aliphatic carbocycles. The summed E-state index contributed by atoms with van der Waals surface area (Å²) in [5.74, 6) is -0.350. The second-order valence-corrected chi connectivity index (χ2v) is 4.48. The smallest absolute Gasteiger partial charge is 0.408 e. The second kappa shape index (κ2) is 4.29. The van der Waals surface area contributed by atoms with Gasteiger partial charge in [0.25, 0.3) is 0 Å². The van der Waals surface area contributed by atoms with Crippen molar-refractivity contribution in [3.63, 3.8) is 0 Å². The molecule has 1 fully saturated rings. The number of alkyl halides is 3. The Morgan fingerprint density at radius 3 is 2.56 bits per heavy atom. The van der Waals surface area contributed by atoms with E-state index in [1.165, 1.54) is 0 Å². The summed E-state index contributed by atoms with van der Waals surface area (Å²) in [6.07, 6.45) is -4.48. The zero-order chi connectivity index (χ0) is 13.5. The van der Waals surface area contributed by atoms with Gasteiger partial charge in [0.05, 0.1) is 5.69 Å². The third-order valence-corrected chi connectivity index (χ3v) is 3.03. The Balaban J connectivity index is 2.07. The summed E-state index contributed by atoms with van der Waals surface area (Å²) in [4.78, 5) is 15.5. The third-order valence-electron chi connectivity index (χ3n) is 3.03. The highest BCUT2D eigenvalue weighted by Gasteiger charge is 2.47. The fourth-order valence-electron chi connectivity index (χ4n) is 2.12. The first-order valence-corrected chi connectivity index (χ1v) is 5.57. The van der Waals surface area contributed by atoms with Gasteiger partial charge in [-0.2, -0.15) is 13.2 Å². The minimum atomic E-state index is -4.39. The van der Waals surface area contributed by atoms with Gasteiger partial charge in [-0.1, -0.05) is 0 Å². The van der Waals surface area contributed by atoms with Gasteiger partial charge in [0.1, 0.15) is 11.8 Å². The molecule has 1 aliphatic heterocycles. The van der Waals surface area contributed by atoms with Crippen LogP contribution in [0.5, 0.6) is 0 Å². The molecule has 0 aromatic carbocycles. The lowest BCUT2D eigenvalue weighted by atomic mass is 9.99. The molecule has 1 saturated heterocycles. The summed E-state index contributed by atoms with van der Waals surface area (Å²) >= 11 is 0. The summed E-state index contributed by atoms with van der Waals surface area (Å²) < 4.78 is 42.7. The maximum absolute atomic E-state index is 12.5. The summed E-state index contributed by atoms with van der Waals surface area (Å²) in [7, 11) is 0. The lowest BCUT2D eigenvalue weighted by Gasteiger charge is -2.13. The number of hydrogen-bond acceptors (Lipinski definition) is 3. The minimum Gasteiger partial charge on any atom is -0.446 e. The van der Waals surface area contributed by atoms with Gasteiger partial charge >= 0.3 is 6.18 Å². The number of nitrogens with one attached hydrogen (secondary N) is 1. The Hall–Kier alpha value is -1.53. The van der Waals surface area contributed by atoms with E-state index >= 15 is 0 Å². The van der Waals surface area contributed by atoms with Crippen molar-refractivity contribution in [2.75, 3.05) is 0 Å². The highest BCUT2D eigenvalue weighted by molar-refractivity contribution is 5.81. The molecule has 0 bridgehead atoms. The average molecular weight is 262 g/mol. The Kier molecular flexibility index (Phi) is 3.08. The van der Waals surface area contributed by atoms with Gasteiger partial charge in [-0.05, 0) is 13.3 Å². The van der Waals surface area contributed by atoms with Crippen molar-refractivity contribution < 1.29 is 22.4 Å². The molecule has 0 radical (unpaired) electrons. The molecule has 2 rings (SSSR count). The Bertz CT molecular complexity index is 467. The topological polar surface area (TPSA) is 55.1 Å². The van der Waals surface area contributed by atoms with Gasteiger partial charge in [-0.25, -0.2) is 4.98 Å². The molecule has 2 heterocycles. The van der Waals surface area contributed by atoms with Crippen molar-refractivity contribution >= 4 is 5.91 Å². The van der Waals surface area contributed by atoms with Gasteiger partial charge < -0.3 is 9.73 Å². The molecule has 1 aromatic heterocycles. The molecular formula is C11H13F3N2O2. The van der Waals surface area contributed by atoms with Crippen LogP contribution in [0.15, 0.2) is 4.42 Å². The quantitative estimate of drug-likeness (QED) is 0.885. The van der Waals surface area contributed by atoms with Crippen LogP contribution in [0.3, 0.4) is 0 Å². The zero-order valence-electron chi connectivity index (χ0n) is 9.97. The largest absolute Gasteiger partial charge is 0.446 e. The van der Waals surface area contributed by atoms with Crippen LogP contribution < -0.4 is 5.32 Å². The number of aryl methyl sites for hydroxylation is 2. The van der Waals surface area contributed by atoms with E-state index in [2.05, 4.69) is 4.98 Å². The number of rotatable bonds is 2. The molecule has 18 heavy (non-hydrogen) atoms. The van der Waals surface area contributed by atoms with Gasteiger partial charge in [0, 0.05) is 19.3 Å². The van der Waals surface area contributed by atoms with Gasteiger partial charge in [-0.15, -0.1) is 0 Å². The van der Waals surface area contributed by atoms with Crippen LogP contribution in [-0.4, -0.2) is 23.1 Å². The summed E-state index contributed by atoms with van der Waals surface area (Å²) in [5, 5.41) is 1.96. The number of nitrogens with zero attached hydrogens (tertiary/aromatic N) is 1. The van der Waals surface area contributed by atoms with Crippen molar-refractivity contribution in [1.82, 2.24) is 10.3 Å². The van der Waals surface area contributed by atoms with Crippen LogP contribution in [0.25, 0.3) is 0 Å². The molecule has 2 unspecified atom stereocenters. The van der Waals surface area contributed by atoms with Gasteiger partial charge in [-0.3, -0.25) is 4.79 Å². The number of halogens is 3. The molecule has 0 saturated carbocycles. The molecule has 1 N–H and O–H groups in total. The summed E-state index contributed by atoms with van der Waals surface area (Å²) in [5.41, 5.74) is 0.621. The van der Waals surface area contributed by atoms with Crippen molar-refractivity contribution in [2.24, 2.45) is 5.92 Å². The number of oxazole rings is 1. The van der Waals surface area contributed by atoms with Crippen LogP contribution in [0.4, 0.5) is 13.2 Å². The molecule has 1 aromatic rings. The normalized spacial score (nSPS) is 24.4. The lowest BCUT2D eigenvalue weighted by molar-refractivity contribution is -0.154. The van der Waals surface area contributed by atoms with Crippen LogP contribution in [0, 0.1) is 19.8 Å². The standard InChI is InChI=1S/C11H13F3N2O2/c1-5-8(18-6(2)15-5)3-7-4-9(11(12,13)14)16-10(7)17/h7,9H,3-4H2,1-2H3,(H,16,17).